The summed E-state index contributed by atoms with van der Waals surface area (Å²) >= 11 is 0. The highest BCUT2D eigenvalue weighted by molar-refractivity contribution is 5.56. The molecule has 1 aliphatic rings. The van der Waals surface area contributed by atoms with E-state index < -0.39 is 12.9 Å². The monoisotopic (exact) mass is 372 g/mol. The van der Waals surface area contributed by atoms with E-state index in [1.165, 1.54) is 12.1 Å². The summed E-state index contributed by atoms with van der Waals surface area (Å²) in [4.78, 5) is 8.49. The Morgan fingerprint density at radius 1 is 1.15 bits per heavy atom. The van der Waals surface area contributed by atoms with Gasteiger partial charge in [0, 0.05) is 23.9 Å². The van der Waals surface area contributed by atoms with E-state index in [9.17, 15) is 8.78 Å². The highest BCUT2D eigenvalue weighted by Gasteiger charge is 2.18. The quantitative estimate of drug-likeness (QED) is 0.606. The molecule has 2 heterocycles. The highest BCUT2D eigenvalue weighted by atomic mass is 19.3. The van der Waals surface area contributed by atoms with Crippen molar-refractivity contribution in [2.75, 3.05) is 13.2 Å². The lowest BCUT2D eigenvalue weighted by Crippen LogP contribution is -2.30. The van der Waals surface area contributed by atoms with E-state index >= 15 is 0 Å². The summed E-state index contributed by atoms with van der Waals surface area (Å²) in [5.74, 6) is 6.63. The minimum atomic E-state index is -2.85. The third kappa shape index (κ3) is 5.58. The summed E-state index contributed by atoms with van der Waals surface area (Å²) < 4.78 is 39.7. The first-order valence-corrected chi connectivity index (χ1v) is 8.39. The van der Waals surface area contributed by atoms with Gasteiger partial charge in [-0.15, -0.1) is 0 Å². The van der Waals surface area contributed by atoms with Crippen LogP contribution in [0.2, 0.25) is 0 Å². The Kier molecular flexibility index (Phi) is 6.47. The summed E-state index contributed by atoms with van der Waals surface area (Å²) in [6.07, 6.45) is 6.63. The van der Waals surface area contributed by atoms with Gasteiger partial charge in [0.2, 0.25) is 6.29 Å². The van der Waals surface area contributed by atoms with Crippen LogP contribution in [0.25, 0.3) is 11.4 Å². The van der Waals surface area contributed by atoms with E-state index in [4.69, 9.17) is 9.47 Å². The van der Waals surface area contributed by atoms with Crippen molar-refractivity contribution in [1.29, 1.82) is 0 Å². The van der Waals surface area contributed by atoms with Gasteiger partial charge in [-0.25, -0.2) is 9.97 Å². The Morgan fingerprint density at radius 3 is 2.41 bits per heavy atom. The Labute approximate surface area is 156 Å². The summed E-state index contributed by atoms with van der Waals surface area (Å²) in [6.45, 7) is 0.256. The minimum absolute atomic E-state index is 0.0837. The molecule has 5 nitrogen and oxygen atoms in total. The molecule has 3 rings (SSSR count). The van der Waals surface area contributed by atoms with Crippen molar-refractivity contribution in [2.24, 2.45) is 5.92 Å². The van der Waals surface area contributed by atoms with Crippen LogP contribution in [0.3, 0.4) is 0 Å². The van der Waals surface area contributed by atoms with Crippen molar-refractivity contribution >= 4 is 0 Å². The second-order valence-corrected chi connectivity index (χ2v) is 5.75. The topological polar surface area (TPSA) is 53.5 Å². The molecular formula is C20H18F2N2O3. The lowest BCUT2D eigenvalue weighted by atomic mass is 10.1. The van der Waals surface area contributed by atoms with Gasteiger partial charge in [-0.2, -0.15) is 8.78 Å². The molecule has 0 saturated carbocycles. The Hall–Kier alpha value is -2.82. The fraction of sp³-hybridized carbons (Fsp3) is 0.300. The molecule has 0 bridgehead atoms. The fourth-order valence-corrected chi connectivity index (χ4v) is 2.45. The van der Waals surface area contributed by atoms with Crippen LogP contribution in [0.15, 0.2) is 48.8 Å². The smallest absolute Gasteiger partial charge is 0.387 e. The van der Waals surface area contributed by atoms with Gasteiger partial charge in [0.05, 0.1) is 18.8 Å². The molecule has 0 radical (unpaired) electrons. The average Bonchev–Trinajstić information content (AvgIpc) is 2.68. The molecule has 7 heteroatoms. The normalized spacial score (nSPS) is 19.7. The number of rotatable bonds is 4. The fourth-order valence-electron chi connectivity index (χ4n) is 2.45. The zero-order valence-corrected chi connectivity index (χ0v) is 14.6. The predicted molar refractivity (Wildman–Crippen MR) is 95.0 cm³/mol. The zero-order valence-electron chi connectivity index (χ0n) is 14.6. The Morgan fingerprint density at radius 2 is 1.81 bits per heavy atom. The van der Waals surface area contributed by atoms with Gasteiger partial charge < -0.3 is 14.2 Å². The maximum absolute atomic E-state index is 12.2. The Balaban J connectivity index is 1.60. The minimum Gasteiger partial charge on any atom is -0.435 e. The first kappa shape index (κ1) is 19.0. The van der Waals surface area contributed by atoms with Crippen LogP contribution in [0.5, 0.6) is 5.75 Å². The highest BCUT2D eigenvalue weighted by Crippen LogP contribution is 2.20. The van der Waals surface area contributed by atoms with Crippen LogP contribution in [0.4, 0.5) is 8.78 Å². The maximum Gasteiger partial charge on any atom is 0.387 e. The Bertz CT molecular complexity index is 819. The lowest BCUT2D eigenvalue weighted by molar-refractivity contribution is -0.160. The molecule has 0 amide bonds. The van der Waals surface area contributed by atoms with E-state index in [0.29, 0.717) is 30.2 Å². The van der Waals surface area contributed by atoms with Crippen molar-refractivity contribution in [3.8, 4) is 29.0 Å². The van der Waals surface area contributed by atoms with Gasteiger partial charge in [0.25, 0.3) is 0 Å². The van der Waals surface area contributed by atoms with Crippen molar-refractivity contribution in [1.82, 2.24) is 9.97 Å². The molecule has 0 atom stereocenters. The zero-order chi connectivity index (χ0) is 19.1. The number of allylic oxidation sites excluding steroid dienone is 1. The maximum atomic E-state index is 12.2. The second-order valence-electron chi connectivity index (χ2n) is 5.75. The largest absolute Gasteiger partial charge is 0.435 e. The molecule has 1 aliphatic heterocycles. The van der Waals surface area contributed by atoms with E-state index in [2.05, 4.69) is 26.5 Å². The second kappa shape index (κ2) is 9.21. The summed E-state index contributed by atoms with van der Waals surface area (Å²) in [5.41, 5.74) is 1.31. The van der Waals surface area contributed by atoms with Gasteiger partial charge in [0.15, 0.2) is 5.82 Å². The molecule has 2 aromatic rings. The van der Waals surface area contributed by atoms with Crippen LogP contribution in [0, 0.1) is 17.8 Å². The third-order valence-electron chi connectivity index (χ3n) is 3.71. The molecule has 0 spiro atoms. The SMILES string of the molecule is CC=C[C@H]1CO[C@H](C#Cc2cnc(-c3ccc(OC(F)F)cc3)nc2)OC1. The van der Waals surface area contributed by atoms with E-state index in [1.54, 1.807) is 24.5 Å². The van der Waals surface area contributed by atoms with Gasteiger partial charge in [-0.05, 0) is 37.1 Å². The first-order valence-electron chi connectivity index (χ1n) is 8.39. The van der Waals surface area contributed by atoms with Crippen LogP contribution in [0.1, 0.15) is 12.5 Å². The average molecular weight is 372 g/mol. The molecule has 0 N–H and O–H groups in total. The molecule has 1 fully saturated rings. The molecule has 140 valence electrons. The number of nitrogens with zero attached hydrogens (tertiary/aromatic N) is 2. The standard InChI is InChI=1S/C20H18F2N2O3/c1-2-3-15-12-25-18(26-13-15)9-4-14-10-23-19(24-11-14)16-5-7-17(8-6-16)27-20(21)22/h2-3,5-8,10-11,15,18,20H,12-13H2,1H3/t15-,18-. The summed E-state index contributed by atoms with van der Waals surface area (Å²) in [5, 5.41) is 0. The predicted octanol–water partition coefficient (Wildman–Crippen LogP) is 3.66. The number of halogens is 2. The van der Waals surface area contributed by atoms with Gasteiger partial charge in [0.1, 0.15) is 5.75 Å². The van der Waals surface area contributed by atoms with Crippen LogP contribution < -0.4 is 4.74 Å². The number of hydrogen-bond donors (Lipinski definition) is 0. The van der Waals surface area contributed by atoms with E-state index in [1.807, 2.05) is 19.1 Å². The molecular weight excluding hydrogens is 354 g/mol. The number of aromatic nitrogens is 2. The summed E-state index contributed by atoms with van der Waals surface area (Å²) in [7, 11) is 0. The third-order valence-corrected chi connectivity index (χ3v) is 3.71. The molecule has 1 aromatic carbocycles. The van der Waals surface area contributed by atoms with Gasteiger partial charge >= 0.3 is 6.61 Å². The van der Waals surface area contributed by atoms with Crippen molar-refractivity contribution in [3.63, 3.8) is 0 Å². The molecule has 0 aliphatic carbocycles. The van der Waals surface area contributed by atoms with Crippen LogP contribution >= 0.6 is 0 Å². The molecule has 0 unspecified atom stereocenters. The number of benzene rings is 1. The van der Waals surface area contributed by atoms with Crippen molar-refractivity contribution in [2.45, 2.75) is 19.8 Å². The number of alkyl halides is 2. The van der Waals surface area contributed by atoms with Crippen molar-refractivity contribution < 1.29 is 23.0 Å². The van der Waals surface area contributed by atoms with Crippen LogP contribution in [-0.2, 0) is 9.47 Å². The van der Waals surface area contributed by atoms with E-state index in [-0.39, 0.29) is 11.7 Å². The van der Waals surface area contributed by atoms with Crippen LogP contribution in [-0.4, -0.2) is 36.1 Å². The van der Waals surface area contributed by atoms with Gasteiger partial charge in [-0.1, -0.05) is 18.1 Å². The molecule has 1 saturated heterocycles. The van der Waals surface area contributed by atoms with Crippen molar-refractivity contribution in [3.05, 3.63) is 54.4 Å². The van der Waals surface area contributed by atoms with E-state index in [0.717, 1.165) is 0 Å². The lowest BCUT2D eigenvalue weighted by Gasteiger charge is -2.24. The summed E-state index contributed by atoms with van der Waals surface area (Å²) in [6, 6.07) is 6.11. The number of hydrogen-bond acceptors (Lipinski definition) is 5. The molecule has 27 heavy (non-hydrogen) atoms. The number of ether oxygens (including phenoxy) is 3. The van der Waals surface area contributed by atoms with Gasteiger partial charge in [-0.3, -0.25) is 0 Å². The molecule has 1 aromatic heterocycles. The first-order chi connectivity index (χ1) is 13.1.